The van der Waals surface area contributed by atoms with Crippen molar-refractivity contribution >= 4 is 26.8 Å². The number of hydrogen-bond donors (Lipinski definition) is 2. The van der Waals surface area contributed by atoms with Crippen LogP contribution < -0.4 is 5.73 Å². The highest BCUT2D eigenvalue weighted by Gasteiger charge is 2.40. The van der Waals surface area contributed by atoms with Crippen LogP contribution in [0.4, 0.5) is 0 Å². The predicted octanol–water partition coefficient (Wildman–Crippen LogP) is 1.21. The van der Waals surface area contributed by atoms with E-state index in [4.69, 9.17) is 11.1 Å². The summed E-state index contributed by atoms with van der Waals surface area (Å²) in [5.41, 5.74) is 5.08. The summed E-state index contributed by atoms with van der Waals surface area (Å²) < 4.78 is 27.8. The molecule has 8 heteroatoms. The van der Waals surface area contributed by atoms with Crippen LogP contribution in [0.5, 0.6) is 0 Å². The lowest BCUT2D eigenvalue weighted by Gasteiger charge is -2.46. The number of nitrogens with one attached hydrogen (secondary N) is 1. The SMILES string of the molecule is CC1(C)CN(S(=O)(=O)c2cccc3cnccc23)CCN1C(=N)N. The Balaban J connectivity index is 2.01. The van der Waals surface area contributed by atoms with Crippen LogP contribution in [0.1, 0.15) is 13.8 Å². The second-order valence-corrected chi connectivity index (χ2v) is 8.45. The molecule has 2 aromatic rings. The first-order valence-corrected chi connectivity index (χ1v) is 9.12. The van der Waals surface area contributed by atoms with E-state index in [1.165, 1.54) is 4.31 Å². The summed E-state index contributed by atoms with van der Waals surface area (Å²) in [7, 11) is -3.64. The zero-order valence-corrected chi connectivity index (χ0v) is 14.5. The summed E-state index contributed by atoms with van der Waals surface area (Å²) in [6, 6.07) is 6.92. The zero-order valence-electron chi connectivity index (χ0n) is 13.7. The molecular formula is C16H21N5O2S. The normalized spacial score (nSPS) is 18.7. The molecule has 3 N–H and O–H groups in total. The Morgan fingerprint density at radius 2 is 2.04 bits per heavy atom. The Labute approximate surface area is 141 Å². The van der Waals surface area contributed by atoms with Crippen molar-refractivity contribution in [3.8, 4) is 0 Å². The minimum atomic E-state index is -3.64. The van der Waals surface area contributed by atoms with Crippen LogP contribution in [0.25, 0.3) is 10.8 Å². The minimum absolute atomic E-state index is 0.0340. The summed E-state index contributed by atoms with van der Waals surface area (Å²) in [5.74, 6) is -0.0340. The molecule has 1 saturated heterocycles. The van der Waals surface area contributed by atoms with Gasteiger partial charge in [-0.3, -0.25) is 10.4 Å². The molecule has 1 aromatic carbocycles. The van der Waals surface area contributed by atoms with Crippen LogP contribution in [0.2, 0.25) is 0 Å². The first kappa shape index (κ1) is 16.7. The summed E-state index contributed by atoms with van der Waals surface area (Å²) in [6.45, 7) is 4.75. The first-order chi connectivity index (χ1) is 11.2. The van der Waals surface area contributed by atoms with Crippen molar-refractivity contribution in [1.29, 1.82) is 5.41 Å². The maximum atomic E-state index is 13.2. The first-order valence-electron chi connectivity index (χ1n) is 7.68. The van der Waals surface area contributed by atoms with E-state index in [0.717, 1.165) is 5.39 Å². The number of benzene rings is 1. The number of hydrogen-bond acceptors (Lipinski definition) is 4. The molecular weight excluding hydrogens is 326 g/mol. The van der Waals surface area contributed by atoms with E-state index >= 15 is 0 Å². The summed E-state index contributed by atoms with van der Waals surface area (Å²) >= 11 is 0. The number of nitrogens with zero attached hydrogens (tertiary/aromatic N) is 3. The van der Waals surface area contributed by atoms with Crippen LogP contribution in [0.15, 0.2) is 41.6 Å². The Morgan fingerprint density at radius 1 is 1.29 bits per heavy atom. The van der Waals surface area contributed by atoms with E-state index in [1.807, 2.05) is 19.9 Å². The third-order valence-corrected chi connectivity index (χ3v) is 6.32. The largest absolute Gasteiger partial charge is 0.370 e. The molecule has 0 unspecified atom stereocenters. The molecule has 24 heavy (non-hydrogen) atoms. The molecule has 0 spiro atoms. The van der Waals surface area contributed by atoms with Crippen LogP contribution >= 0.6 is 0 Å². The van der Waals surface area contributed by atoms with E-state index in [0.29, 0.717) is 18.5 Å². The highest BCUT2D eigenvalue weighted by atomic mass is 32.2. The summed E-state index contributed by atoms with van der Waals surface area (Å²) in [4.78, 5) is 6.06. The van der Waals surface area contributed by atoms with E-state index in [-0.39, 0.29) is 17.4 Å². The Kier molecular flexibility index (Phi) is 3.97. The van der Waals surface area contributed by atoms with Gasteiger partial charge >= 0.3 is 0 Å². The quantitative estimate of drug-likeness (QED) is 0.628. The Hall–Kier alpha value is -2.19. The highest BCUT2D eigenvalue weighted by molar-refractivity contribution is 7.89. The number of rotatable bonds is 2. The van der Waals surface area contributed by atoms with Crippen molar-refractivity contribution in [3.63, 3.8) is 0 Å². The topological polar surface area (TPSA) is 103 Å². The lowest BCUT2D eigenvalue weighted by molar-refractivity contribution is 0.119. The lowest BCUT2D eigenvalue weighted by atomic mass is 10.0. The third kappa shape index (κ3) is 2.71. The van der Waals surface area contributed by atoms with Gasteiger partial charge in [-0.15, -0.1) is 0 Å². The van der Waals surface area contributed by atoms with Gasteiger partial charge in [0.05, 0.1) is 10.4 Å². The number of nitrogens with two attached hydrogens (primary N) is 1. The van der Waals surface area contributed by atoms with Gasteiger partial charge in [-0.2, -0.15) is 4.31 Å². The van der Waals surface area contributed by atoms with Gasteiger partial charge in [0.2, 0.25) is 10.0 Å². The van der Waals surface area contributed by atoms with Crippen molar-refractivity contribution in [1.82, 2.24) is 14.2 Å². The molecule has 1 fully saturated rings. The van der Waals surface area contributed by atoms with Gasteiger partial charge in [0, 0.05) is 42.8 Å². The molecule has 1 aromatic heterocycles. The fourth-order valence-electron chi connectivity index (χ4n) is 3.22. The molecule has 128 valence electrons. The number of piperazine rings is 1. The predicted molar refractivity (Wildman–Crippen MR) is 93.2 cm³/mol. The standard InChI is InChI=1S/C16H21N5O2S/c1-16(2)11-20(8-9-21(16)15(17)18)24(22,23)14-5-3-4-12-10-19-7-6-13(12)14/h3-7,10H,8-9,11H2,1-2H3,(H3,17,18). The van der Waals surface area contributed by atoms with Gasteiger partial charge in [-0.05, 0) is 26.0 Å². The van der Waals surface area contributed by atoms with Crippen LogP contribution in [-0.4, -0.2) is 53.7 Å². The molecule has 0 amide bonds. The second kappa shape index (κ2) is 5.71. The fourth-order valence-corrected chi connectivity index (χ4v) is 5.02. The number of sulfonamides is 1. The van der Waals surface area contributed by atoms with Crippen LogP contribution in [-0.2, 0) is 10.0 Å². The summed E-state index contributed by atoms with van der Waals surface area (Å²) in [6.07, 6.45) is 3.25. The second-order valence-electron chi connectivity index (χ2n) is 6.54. The molecule has 0 aliphatic carbocycles. The Bertz CT molecular complexity index is 889. The Morgan fingerprint density at radius 3 is 2.71 bits per heavy atom. The number of pyridine rings is 1. The fraction of sp³-hybridized carbons (Fsp3) is 0.375. The average Bonchev–Trinajstić information content (AvgIpc) is 2.52. The van der Waals surface area contributed by atoms with E-state index in [9.17, 15) is 8.42 Å². The van der Waals surface area contributed by atoms with Gasteiger partial charge in [0.15, 0.2) is 5.96 Å². The van der Waals surface area contributed by atoms with E-state index in [2.05, 4.69) is 4.98 Å². The lowest BCUT2D eigenvalue weighted by Crippen LogP contribution is -2.63. The van der Waals surface area contributed by atoms with Crippen LogP contribution in [0, 0.1) is 5.41 Å². The molecule has 0 bridgehead atoms. The molecule has 0 atom stereocenters. The van der Waals surface area contributed by atoms with E-state index in [1.54, 1.807) is 35.5 Å². The molecule has 0 radical (unpaired) electrons. The molecule has 1 aliphatic rings. The number of guanidine groups is 1. The maximum Gasteiger partial charge on any atom is 0.243 e. The smallest absolute Gasteiger partial charge is 0.243 e. The minimum Gasteiger partial charge on any atom is -0.370 e. The van der Waals surface area contributed by atoms with Crippen molar-refractivity contribution in [2.24, 2.45) is 5.73 Å². The molecule has 3 rings (SSSR count). The van der Waals surface area contributed by atoms with Crippen molar-refractivity contribution in [2.75, 3.05) is 19.6 Å². The monoisotopic (exact) mass is 347 g/mol. The van der Waals surface area contributed by atoms with Gasteiger partial charge in [0.1, 0.15) is 0 Å². The molecule has 0 saturated carbocycles. The van der Waals surface area contributed by atoms with Crippen molar-refractivity contribution in [2.45, 2.75) is 24.3 Å². The number of aromatic nitrogens is 1. The maximum absolute atomic E-state index is 13.2. The average molecular weight is 347 g/mol. The molecule has 7 nitrogen and oxygen atoms in total. The third-order valence-electron chi connectivity index (χ3n) is 4.42. The van der Waals surface area contributed by atoms with Gasteiger partial charge < -0.3 is 10.6 Å². The summed E-state index contributed by atoms with van der Waals surface area (Å²) in [5, 5.41) is 9.12. The van der Waals surface area contributed by atoms with E-state index < -0.39 is 15.6 Å². The highest BCUT2D eigenvalue weighted by Crippen LogP contribution is 2.29. The van der Waals surface area contributed by atoms with Gasteiger partial charge in [0.25, 0.3) is 0 Å². The van der Waals surface area contributed by atoms with Gasteiger partial charge in [-0.1, -0.05) is 12.1 Å². The zero-order chi connectivity index (χ0) is 17.5. The number of fused-ring (bicyclic) bond motifs is 1. The van der Waals surface area contributed by atoms with Gasteiger partial charge in [-0.25, -0.2) is 8.42 Å². The van der Waals surface area contributed by atoms with Crippen molar-refractivity contribution in [3.05, 3.63) is 36.7 Å². The molecule has 2 heterocycles. The van der Waals surface area contributed by atoms with Crippen LogP contribution in [0.3, 0.4) is 0 Å². The van der Waals surface area contributed by atoms with Crippen molar-refractivity contribution < 1.29 is 8.42 Å². The molecule has 1 aliphatic heterocycles.